The second-order valence-corrected chi connectivity index (χ2v) is 8.30. The number of amides is 2. The Hall–Kier alpha value is -2.45. The van der Waals surface area contributed by atoms with Gasteiger partial charge in [-0.05, 0) is 55.2 Å². The number of anilines is 1. The van der Waals surface area contributed by atoms with E-state index in [1.54, 1.807) is 35.2 Å². The fourth-order valence-electron chi connectivity index (χ4n) is 2.99. The summed E-state index contributed by atoms with van der Waals surface area (Å²) in [6.45, 7) is 1.44. The molecule has 1 heterocycles. The van der Waals surface area contributed by atoms with E-state index in [1.165, 1.54) is 24.3 Å². The number of piperidine rings is 1. The molecule has 2 aromatic rings. The summed E-state index contributed by atoms with van der Waals surface area (Å²) in [5.41, 5.74) is 0.541. The second-order valence-electron chi connectivity index (χ2n) is 6.53. The first-order chi connectivity index (χ1) is 12.9. The quantitative estimate of drug-likeness (QED) is 0.822. The number of nitrogens with zero attached hydrogens (tertiary/aromatic N) is 1. The summed E-state index contributed by atoms with van der Waals surface area (Å²) < 4.78 is 40.1. The van der Waals surface area contributed by atoms with E-state index in [4.69, 9.17) is 0 Å². The predicted molar refractivity (Wildman–Crippen MR) is 101 cm³/mol. The van der Waals surface area contributed by atoms with Gasteiger partial charge in [0.25, 0.3) is 0 Å². The SMILES string of the molecule is O=C(Nc1ccc(F)cc1)N1CCC(CNS(=O)(=O)c2ccccc2)CC1. The standard InChI is InChI=1S/C19H22FN3O3S/c20-16-6-8-17(9-7-16)22-19(24)23-12-10-15(11-13-23)14-21-27(25,26)18-4-2-1-3-5-18/h1-9,15,21H,10-14H2,(H,22,24). The van der Waals surface area contributed by atoms with Crippen molar-refractivity contribution in [3.05, 3.63) is 60.4 Å². The largest absolute Gasteiger partial charge is 0.325 e. The van der Waals surface area contributed by atoms with Crippen LogP contribution in [-0.4, -0.2) is 39.0 Å². The van der Waals surface area contributed by atoms with Gasteiger partial charge in [0.15, 0.2) is 0 Å². The van der Waals surface area contributed by atoms with Crippen molar-refractivity contribution in [2.75, 3.05) is 25.0 Å². The van der Waals surface area contributed by atoms with Crippen LogP contribution in [0.25, 0.3) is 0 Å². The number of sulfonamides is 1. The highest BCUT2D eigenvalue weighted by atomic mass is 32.2. The Morgan fingerprint density at radius 3 is 2.30 bits per heavy atom. The molecule has 2 aromatic carbocycles. The molecule has 0 bridgehead atoms. The molecule has 1 saturated heterocycles. The molecule has 0 spiro atoms. The van der Waals surface area contributed by atoms with Crippen LogP contribution in [0.3, 0.4) is 0 Å². The molecule has 2 N–H and O–H groups in total. The highest BCUT2D eigenvalue weighted by molar-refractivity contribution is 7.89. The Morgan fingerprint density at radius 1 is 1.04 bits per heavy atom. The van der Waals surface area contributed by atoms with Gasteiger partial charge in [-0.2, -0.15) is 0 Å². The molecular formula is C19H22FN3O3S. The number of urea groups is 1. The van der Waals surface area contributed by atoms with Gasteiger partial charge in [0, 0.05) is 25.3 Å². The molecule has 2 amide bonds. The highest BCUT2D eigenvalue weighted by Gasteiger charge is 2.24. The maximum absolute atomic E-state index is 12.9. The van der Waals surface area contributed by atoms with Crippen LogP contribution in [0.4, 0.5) is 14.9 Å². The maximum Gasteiger partial charge on any atom is 0.321 e. The van der Waals surface area contributed by atoms with E-state index < -0.39 is 10.0 Å². The number of hydrogen-bond donors (Lipinski definition) is 2. The molecular weight excluding hydrogens is 369 g/mol. The Balaban J connectivity index is 1.46. The Bertz CT molecular complexity index is 865. The normalized spacial score (nSPS) is 15.5. The fraction of sp³-hybridized carbons (Fsp3) is 0.316. The van der Waals surface area contributed by atoms with E-state index in [2.05, 4.69) is 10.0 Å². The Morgan fingerprint density at radius 2 is 1.67 bits per heavy atom. The lowest BCUT2D eigenvalue weighted by Gasteiger charge is -2.32. The molecule has 0 unspecified atom stereocenters. The number of hydrogen-bond acceptors (Lipinski definition) is 3. The minimum Gasteiger partial charge on any atom is -0.325 e. The van der Waals surface area contributed by atoms with Gasteiger partial charge in [0.1, 0.15) is 5.82 Å². The van der Waals surface area contributed by atoms with E-state index in [1.807, 2.05) is 0 Å². The summed E-state index contributed by atoms with van der Waals surface area (Å²) in [5, 5.41) is 2.74. The first-order valence-electron chi connectivity index (χ1n) is 8.80. The number of carbonyl (C=O) groups excluding carboxylic acids is 1. The van der Waals surface area contributed by atoms with Gasteiger partial charge < -0.3 is 10.2 Å². The van der Waals surface area contributed by atoms with Crippen molar-refractivity contribution in [3.63, 3.8) is 0 Å². The summed E-state index contributed by atoms with van der Waals surface area (Å²) >= 11 is 0. The zero-order valence-corrected chi connectivity index (χ0v) is 15.6. The van der Waals surface area contributed by atoms with Gasteiger partial charge >= 0.3 is 6.03 Å². The fourth-order valence-corrected chi connectivity index (χ4v) is 4.12. The third-order valence-electron chi connectivity index (χ3n) is 4.61. The molecule has 8 heteroatoms. The lowest BCUT2D eigenvalue weighted by Crippen LogP contribution is -2.43. The molecule has 0 radical (unpaired) electrons. The van der Waals surface area contributed by atoms with Crippen molar-refractivity contribution >= 4 is 21.7 Å². The van der Waals surface area contributed by atoms with Crippen molar-refractivity contribution in [3.8, 4) is 0 Å². The first-order valence-corrected chi connectivity index (χ1v) is 10.3. The third kappa shape index (κ3) is 5.27. The monoisotopic (exact) mass is 391 g/mol. The third-order valence-corrected chi connectivity index (χ3v) is 6.05. The molecule has 3 rings (SSSR count). The van der Waals surface area contributed by atoms with Crippen LogP contribution in [-0.2, 0) is 10.0 Å². The van der Waals surface area contributed by atoms with Gasteiger partial charge in [-0.1, -0.05) is 18.2 Å². The van der Waals surface area contributed by atoms with Crippen LogP contribution in [0.2, 0.25) is 0 Å². The lowest BCUT2D eigenvalue weighted by molar-refractivity contribution is 0.183. The number of rotatable bonds is 5. The van der Waals surface area contributed by atoms with Gasteiger partial charge in [-0.15, -0.1) is 0 Å². The molecule has 144 valence electrons. The molecule has 0 aliphatic carbocycles. The second kappa shape index (κ2) is 8.49. The summed E-state index contributed by atoms with van der Waals surface area (Å²) in [5.74, 6) is -0.176. The summed E-state index contributed by atoms with van der Waals surface area (Å²) in [4.78, 5) is 14.2. The molecule has 0 saturated carbocycles. The van der Waals surface area contributed by atoms with Crippen molar-refractivity contribution in [2.45, 2.75) is 17.7 Å². The van der Waals surface area contributed by atoms with Crippen molar-refractivity contribution in [2.24, 2.45) is 5.92 Å². The van der Waals surface area contributed by atoms with Gasteiger partial charge in [0.05, 0.1) is 4.90 Å². The van der Waals surface area contributed by atoms with E-state index >= 15 is 0 Å². The maximum atomic E-state index is 12.9. The zero-order valence-electron chi connectivity index (χ0n) is 14.8. The average Bonchev–Trinajstić information content (AvgIpc) is 2.69. The highest BCUT2D eigenvalue weighted by Crippen LogP contribution is 2.19. The van der Waals surface area contributed by atoms with E-state index in [0.717, 1.165) is 0 Å². The Labute approximate surface area is 158 Å². The van der Waals surface area contributed by atoms with Crippen LogP contribution >= 0.6 is 0 Å². The van der Waals surface area contributed by atoms with Crippen molar-refractivity contribution < 1.29 is 17.6 Å². The minimum atomic E-state index is -3.51. The number of benzene rings is 2. The molecule has 1 aliphatic heterocycles. The van der Waals surface area contributed by atoms with E-state index in [-0.39, 0.29) is 22.7 Å². The average molecular weight is 391 g/mol. The number of carbonyl (C=O) groups is 1. The topological polar surface area (TPSA) is 78.5 Å². The van der Waals surface area contributed by atoms with Crippen LogP contribution < -0.4 is 10.0 Å². The van der Waals surface area contributed by atoms with E-state index in [9.17, 15) is 17.6 Å². The summed E-state index contributed by atoms with van der Waals surface area (Å²) in [6.07, 6.45) is 1.43. The van der Waals surface area contributed by atoms with Crippen LogP contribution in [0, 0.1) is 11.7 Å². The molecule has 1 fully saturated rings. The minimum absolute atomic E-state index is 0.179. The molecule has 0 aromatic heterocycles. The summed E-state index contributed by atoms with van der Waals surface area (Å²) in [7, 11) is -3.51. The van der Waals surface area contributed by atoms with Crippen molar-refractivity contribution in [1.82, 2.24) is 9.62 Å². The Kier molecular flexibility index (Phi) is 6.08. The predicted octanol–water partition coefficient (Wildman–Crippen LogP) is 3.05. The molecule has 1 aliphatic rings. The van der Waals surface area contributed by atoms with E-state index in [0.29, 0.717) is 38.2 Å². The lowest BCUT2D eigenvalue weighted by atomic mass is 9.97. The number of likely N-dealkylation sites (tertiary alicyclic amines) is 1. The van der Waals surface area contributed by atoms with Gasteiger partial charge in [0.2, 0.25) is 10.0 Å². The van der Waals surface area contributed by atoms with Crippen LogP contribution in [0.1, 0.15) is 12.8 Å². The molecule has 6 nitrogen and oxygen atoms in total. The van der Waals surface area contributed by atoms with Crippen LogP contribution in [0.5, 0.6) is 0 Å². The van der Waals surface area contributed by atoms with Crippen molar-refractivity contribution in [1.29, 1.82) is 0 Å². The zero-order chi connectivity index (χ0) is 19.3. The van der Waals surface area contributed by atoms with Gasteiger partial charge in [-0.3, -0.25) is 0 Å². The number of nitrogens with one attached hydrogen (secondary N) is 2. The van der Waals surface area contributed by atoms with Gasteiger partial charge in [-0.25, -0.2) is 22.3 Å². The smallest absolute Gasteiger partial charge is 0.321 e. The molecule has 27 heavy (non-hydrogen) atoms. The van der Waals surface area contributed by atoms with Crippen LogP contribution in [0.15, 0.2) is 59.5 Å². The molecule has 0 atom stereocenters. The number of halogens is 1. The summed E-state index contributed by atoms with van der Waals surface area (Å²) in [6, 6.07) is 13.6. The first kappa shape index (κ1) is 19.3.